The number of hydrogen-bond acceptors (Lipinski definition) is 4. The minimum atomic E-state index is -0.180. The Kier molecular flexibility index (Phi) is 6.63. The molecule has 2 atom stereocenters. The maximum atomic E-state index is 12.8. The Morgan fingerprint density at radius 3 is 2.29 bits per heavy atom. The molecule has 3 N–H and O–H groups in total. The number of amides is 2. The molecule has 2 amide bonds. The van der Waals surface area contributed by atoms with Crippen molar-refractivity contribution < 1.29 is 14.3 Å². The molecule has 1 heterocycles. The Morgan fingerprint density at radius 2 is 1.50 bits per heavy atom. The van der Waals surface area contributed by atoms with Crippen molar-refractivity contribution in [2.45, 2.75) is 25.3 Å². The highest BCUT2D eigenvalue weighted by atomic mass is 16.5. The number of carbonyl (C=O) groups excluding carboxylic acids is 2. The second-order valence-corrected chi connectivity index (χ2v) is 9.86. The van der Waals surface area contributed by atoms with E-state index in [-0.39, 0.29) is 23.7 Å². The van der Waals surface area contributed by atoms with E-state index in [1.807, 2.05) is 84.9 Å². The maximum Gasteiger partial charge on any atom is 0.255 e. The lowest BCUT2D eigenvalue weighted by molar-refractivity contribution is -0.117. The van der Waals surface area contributed by atoms with Crippen LogP contribution in [0.2, 0.25) is 0 Å². The summed E-state index contributed by atoms with van der Waals surface area (Å²) in [6, 6.07) is 30.6. The lowest BCUT2D eigenvalue weighted by Crippen LogP contribution is -2.24. The van der Waals surface area contributed by atoms with Crippen molar-refractivity contribution in [2.24, 2.45) is 5.92 Å². The second kappa shape index (κ2) is 10.5. The zero-order valence-corrected chi connectivity index (χ0v) is 20.9. The number of carbonyl (C=O) groups is 2. The first-order chi connectivity index (χ1) is 18.6. The fourth-order valence-corrected chi connectivity index (χ4v) is 4.96. The van der Waals surface area contributed by atoms with Crippen molar-refractivity contribution in [1.29, 1.82) is 0 Å². The summed E-state index contributed by atoms with van der Waals surface area (Å²) in [4.78, 5) is 25.6. The van der Waals surface area contributed by atoms with Gasteiger partial charge in [-0.25, -0.2) is 0 Å². The molecule has 4 aromatic rings. The van der Waals surface area contributed by atoms with E-state index in [4.69, 9.17) is 4.74 Å². The zero-order chi connectivity index (χ0) is 25.9. The van der Waals surface area contributed by atoms with E-state index in [1.165, 1.54) is 11.1 Å². The molecule has 190 valence electrons. The maximum absolute atomic E-state index is 12.8. The summed E-state index contributed by atoms with van der Waals surface area (Å²) in [6.45, 7) is 1.86. The minimum absolute atomic E-state index is 0.0380. The summed E-state index contributed by atoms with van der Waals surface area (Å²) in [6.07, 6.45) is 1.81. The van der Waals surface area contributed by atoms with Gasteiger partial charge in [-0.1, -0.05) is 36.4 Å². The molecule has 0 radical (unpaired) electrons. The lowest BCUT2D eigenvalue weighted by atomic mass is 10.0. The van der Waals surface area contributed by atoms with Gasteiger partial charge in [-0.2, -0.15) is 0 Å². The summed E-state index contributed by atoms with van der Waals surface area (Å²) >= 11 is 0. The highest BCUT2D eigenvalue weighted by Crippen LogP contribution is 2.48. The molecule has 1 saturated carbocycles. The molecule has 6 nitrogen and oxygen atoms in total. The number of hydrogen-bond donors (Lipinski definition) is 3. The van der Waals surface area contributed by atoms with E-state index >= 15 is 0 Å². The van der Waals surface area contributed by atoms with Crippen molar-refractivity contribution in [3.63, 3.8) is 0 Å². The van der Waals surface area contributed by atoms with Crippen LogP contribution in [-0.2, 0) is 17.8 Å². The molecule has 6 rings (SSSR count). The Morgan fingerprint density at radius 1 is 0.763 bits per heavy atom. The summed E-state index contributed by atoms with van der Waals surface area (Å²) in [7, 11) is 0. The first kappa shape index (κ1) is 23.9. The largest absolute Gasteiger partial charge is 0.457 e. The van der Waals surface area contributed by atoms with Crippen LogP contribution in [0.25, 0.3) is 0 Å². The monoisotopic (exact) mass is 503 g/mol. The van der Waals surface area contributed by atoms with Crippen LogP contribution in [0.15, 0.2) is 97.1 Å². The highest BCUT2D eigenvalue weighted by Gasteiger charge is 2.44. The summed E-state index contributed by atoms with van der Waals surface area (Å²) in [5.41, 5.74) is 5.82. The predicted octanol–water partition coefficient (Wildman–Crippen LogP) is 6.12. The van der Waals surface area contributed by atoms with E-state index in [0.717, 1.165) is 42.9 Å². The van der Waals surface area contributed by atoms with Gasteiger partial charge in [0.15, 0.2) is 0 Å². The first-order valence-corrected chi connectivity index (χ1v) is 13.0. The van der Waals surface area contributed by atoms with Crippen LogP contribution in [-0.4, -0.2) is 18.4 Å². The number of para-hydroxylation sites is 1. The molecule has 38 heavy (non-hydrogen) atoms. The van der Waals surface area contributed by atoms with E-state index in [9.17, 15) is 9.59 Å². The van der Waals surface area contributed by atoms with E-state index in [1.54, 1.807) is 0 Å². The van der Waals surface area contributed by atoms with Gasteiger partial charge in [0, 0.05) is 29.4 Å². The van der Waals surface area contributed by atoms with Gasteiger partial charge in [-0.15, -0.1) is 0 Å². The van der Waals surface area contributed by atoms with Gasteiger partial charge in [0.05, 0.1) is 0 Å². The van der Waals surface area contributed by atoms with Crippen molar-refractivity contribution in [3.8, 4) is 11.5 Å². The molecule has 0 spiro atoms. The Bertz CT molecular complexity index is 1450. The van der Waals surface area contributed by atoms with Crippen molar-refractivity contribution in [3.05, 3.63) is 119 Å². The van der Waals surface area contributed by atoms with Crippen LogP contribution < -0.4 is 20.7 Å². The SMILES string of the molecule is O=C(Nc1ccc(Oc2ccccc2)cc1)c1ccc(C2CC2C(=O)Nc2ccc3c(c2)CCNC3)cc1. The van der Waals surface area contributed by atoms with Gasteiger partial charge in [0.1, 0.15) is 11.5 Å². The van der Waals surface area contributed by atoms with Crippen molar-refractivity contribution in [2.75, 3.05) is 17.2 Å². The molecule has 1 fully saturated rings. The summed E-state index contributed by atoms with van der Waals surface area (Å²) < 4.78 is 5.80. The highest BCUT2D eigenvalue weighted by molar-refractivity contribution is 6.04. The Balaban J connectivity index is 1.02. The number of fused-ring (bicyclic) bond motifs is 1. The van der Waals surface area contributed by atoms with Crippen LogP contribution in [0.5, 0.6) is 11.5 Å². The molecule has 1 aliphatic heterocycles. The molecule has 2 aliphatic rings. The molecule has 0 bridgehead atoms. The zero-order valence-electron chi connectivity index (χ0n) is 20.9. The van der Waals surface area contributed by atoms with E-state index in [2.05, 4.69) is 28.1 Å². The molecular formula is C32H29N3O3. The van der Waals surface area contributed by atoms with Gasteiger partial charge in [0.25, 0.3) is 5.91 Å². The fraction of sp³-hybridized carbons (Fsp3) is 0.188. The lowest BCUT2D eigenvalue weighted by Gasteiger charge is -2.18. The number of rotatable bonds is 7. The normalized spacial score (nSPS) is 17.7. The number of benzene rings is 4. The van der Waals surface area contributed by atoms with Crippen LogP contribution in [0.1, 0.15) is 39.4 Å². The van der Waals surface area contributed by atoms with Crippen molar-refractivity contribution in [1.82, 2.24) is 5.32 Å². The van der Waals surface area contributed by atoms with Gasteiger partial charge in [-0.3, -0.25) is 9.59 Å². The van der Waals surface area contributed by atoms with Crippen molar-refractivity contribution >= 4 is 23.2 Å². The summed E-state index contributed by atoms with van der Waals surface area (Å²) in [5.74, 6) is 1.49. The second-order valence-electron chi connectivity index (χ2n) is 9.86. The smallest absolute Gasteiger partial charge is 0.255 e. The third kappa shape index (κ3) is 5.45. The van der Waals surface area contributed by atoms with Gasteiger partial charge in [-0.05, 0) is 103 Å². The van der Waals surface area contributed by atoms with Crippen LogP contribution in [0.4, 0.5) is 11.4 Å². The molecule has 1 aliphatic carbocycles. The number of nitrogens with one attached hydrogen (secondary N) is 3. The average molecular weight is 504 g/mol. The third-order valence-electron chi connectivity index (χ3n) is 7.18. The molecule has 0 saturated heterocycles. The molecular weight excluding hydrogens is 474 g/mol. The Hall–Kier alpha value is -4.42. The average Bonchev–Trinajstić information content (AvgIpc) is 3.76. The van der Waals surface area contributed by atoms with E-state index in [0.29, 0.717) is 17.0 Å². The van der Waals surface area contributed by atoms with Crippen LogP contribution in [0.3, 0.4) is 0 Å². The van der Waals surface area contributed by atoms with Crippen LogP contribution in [0, 0.1) is 5.92 Å². The first-order valence-electron chi connectivity index (χ1n) is 13.0. The van der Waals surface area contributed by atoms with Gasteiger partial charge in [0.2, 0.25) is 5.91 Å². The minimum Gasteiger partial charge on any atom is -0.457 e. The van der Waals surface area contributed by atoms with Gasteiger partial charge < -0.3 is 20.7 Å². The standard InChI is InChI=1S/C32H29N3O3/c36-31(34-25-12-14-28(15-13-25)38-27-4-2-1-3-5-27)22-8-6-21(7-9-22)29-19-30(29)32(37)35-26-11-10-24-20-33-17-16-23(24)18-26/h1-15,18,29-30,33H,16-17,19-20H2,(H,34,36)(H,35,37). The number of anilines is 2. The molecule has 2 unspecified atom stereocenters. The topological polar surface area (TPSA) is 79.5 Å². The summed E-state index contributed by atoms with van der Waals surface area (Å²) in [5, 5.41) is 9.39. The number of ether oxygens (including phenoxy) is 1. The molecule has 6 heteroatoms. The van der Waals surface area contributed by atoms with E-state index < -0.39 is 0 Å². The Labute approximate surface area is 222 Å². The molecule has 0 aromatic heterocycles. The third-order valence-corrected chi connectivity index (χ3v) is 7.18. The predicted molar refractivity (Wildman–Crippen MR) is 149 cm³/mol. The van der Waals surface area contributed by atoms with Crippen LogP contribution >= 0.6 is 0 Å². The molecule has 4 aromatic carbocycles. The quantitative estimate of drug-likeness (QED) is 0.284. The fourth-order valence-electron chi connectivity index (χ4n) is 4.96. The van der Waals surface area contributed by atoms with Gasteiger partial charge >= 0.3 is 0 Å².